The lowest BCUT2D eigenvalue weighted by Crippen LogP contribution is -2.53. The van der Waals surface area contributed by atoms with Gasteiger partial charge in [0.2, 0.25) is 5.91 Å². The van der Waals surface area contributed by atoms with E-state index in [0.29, 0.717) is 18.7 Å². The lowest BCUT2D eigenvalue weighted by molar-refractivity contribution is -0.143. The van der Waals surface area contributed by atoms with E-state index in [4.69, 9.17) is 4.74 Å². The molecule has 5 nitrogen and oxygen atoms in total. The highest BCUT2D eigenvalue weighted by Gasteiger charge is 2.32. The van der Waals surface area contributed by atoms with Crippen molar-refractivity contribution in [3.05, 3.63) is 101 Å². The maximum atomic E-state index is 13.8. The molecule has 1 aliphatic rings. The van der Waals surface area contributed by atoms with Crippen LogP contribution in [0, 0.1) is 13.8 Å². The molecule has 37 heavy (non-hydrogen) atoms. The number of carbonyl (C=O) groups excluding carboxylic acids is 2. The van der Waals surface area contributed by atoms with Crippen molar-refractivity contribution in [1.29, 1.82) is 0 Å². The zero-order valence-corrected chi connectivity index (χ0v) is 22.0. The first kappa shape index (κ1) is 26.5. The van der Waals surface area contributed by atoms with E-state index in [0.717, 1.165) is 42.4 Å². The van der Waals surface area contributed by atoms with Gasteiger partial charge in [-0.3, -0.25) is 9.59 Å². The molecule has 0 heterocycles. The van der Waals surface area contributed by atoms with Gasteiger partial charge in [-0.1, -0.05) is 86.0 Å². The Morgan fingerprint density at radius 2 is 1.51 bits per heavy atom. The van der Waals surface area contributed by atoms with E-state index < -0.39 is 6.04 Å². The minimum atomic E-state index is -0.639. The molecular formula is C32H38N2O3. The Morgan fingerprint density at radius 1 is 0.865 bits per heavy atom. The smallest absolute Gasteiger partial charge is 0.261 e. The Hall–Kier alpha value is -3.60. The molecule has 1 N–H and O–H groups in total. The van der Waals surface area contributed by atoms with Crippen LogP contribution in [0.1, 0.15) is 54.4 Å². The third-order valence-electron chi connectivity index (χ3n) is 7.26. The van der Waals surface area contributed by atoms with Gasteiger partial charge in [0, 0.05) is 19.0 Å². The quantitative estimate of drug-likeness (QED) is 0.386. The average Bonchev–Trinajstić information content (AvgIpc) is 2.93. The molecule has 0 radical (unpaired) electrons. The van der Waals surface area contributed by atoms with Gasteiger partial charge in [-0.2, -0.15) is 0 Å². The van der Waals surface area contributed by atoms with Crippen LogP contribution in [0.25, 0.3) is 0 Å². The summed E-state index contributed by atoms with van der Waals surface area (Å²) in [5.74, 6) is 0.357. The van der Waals surface area contributed by atoms with Gasteiger partial charge < -0.3 is 15.0 Å². The normalized spacial score (nSPS) is 14.5. The number of hydrogen-bond acceptors (Lipinski definition) is 3. The van der Waals surface area contributed by atoms with Gasteiger partial charge in [-0.15, -0.1) is 0 Å². The number of carbonyl (C=O) groups is 2. The number of ether oxygens (including phenoxy) is 1. The summed E-state index contributed by atoms with van der Waals surface area (Å²) >= 11 is 0. The van der Waals surface area contributed by atoms with Crippen LogP contribution in [-0.4, -0.2) is 35.4 Å². The molecule has 1 fully saturated rings. The van der Waals surface area contributed by atoms with Crippen LogP contribution in [0.3, 0.4) is 0 Å². The highest BCUT2D eigenvalue weighted by atomic mass is 16.5. The standard InChI is InChI=1S/C32H38N2O3/c1-24-18-19-29(20-25(24)2)37-23-31(35)34(22-27-14-8-4-9-15-27)30(21-26-12-6-3-7-13-26)32(36)33-28-16-10-5-11-17-28/h3-4,6-9,12-15,18-20,28,30H,5,10-11,16-17,21-23H2,1-2H3,(H,33,36)/t30-/m1/s1. The number of hydrogen-bond donors (Lipinski definition) is 1. The third kappa shape index (κ3) is 7.69. The zero-order valence-electron chi connectivity index (χ0n) is 22.0. The summed E-state index contributed by atoms with van der Waals surface area (Å²) in [6.07, 6.45) is 5.91. The van der Waals surface area contributed by atoms with Crippen LogP contribution in [0.15, 0.2) is 78.9 Å². The maximum absolute atomic E-state index is 13.8. The molecule has 3 aromatic rings. The Morgan fingerprint density at radius 3 is 2.16 bits per heavy atom. The first-order valence-electron chi connectivity index (χ1n) is 13.4. The summed E-state index contributed by atoms with van der Waals surface area (Å²) in [7, 11) is 0. The molecule has 1 atom stereocenters. The fourth-order valence-electron chi connectivity index (χ4n) is 4.91. The SMILES string of the molecule is Cc1ccc(OCC(=O)N(Cc2ccccc2)[C@H](Cc2ccccc2)C(=O)NC2CCCCC2)cc1C. The fourth-order valence-corrected chi connectivity index (χ4v) is 4.91. The van der Waals surface area contributed by atoms with Gasteiger partial charge >= 0.3 is 0 Å². The minimum Gasteiger partial charge on any atom is -0.484 e. The Labute approximate surface area is 220 Å². The summed E-state index contributed by atoms with van der Waals surface area (Å²) in [4.78, 5) is 29.2. The van der Waals surface area contributed by atoms with Crippen LogP contribution in [0.4, 0.5) is 0 Å². The van der Waals surface area contributed by atoms with Crippen LogP contribution in [0.5, 0.6) is 5.75 Å². The van der Waals surface area contributed by atoms with Crippen molar-refractivity contribution in [2.45, 2.75) is 71.0 Å². The van der Waals surface area contributed by atoms with Crippen molar-refractivity contribution in [3.63, 3.8) is 0 Å². The van der Waals surface area contributed by atoms with E-state index in [1.54, 1.807) is 4.90 Å². The van der Waals surface area contributed by atoms with Crippen molar-refractivity contribution >= 4 is 11.8 Å². The molecule has 194 valence electrons. The lowest BCUT2D eigenvalue weighted by atomic mass is 9.94. The van der Waals surface area contributed by atoms with Gasteiger partial charge in [0.05, 0.1) is 0 Å². The molecule has 2 amide bonds. The van der Waals surface area contributed by atoms with Crippen LogP contribution >= 0.6 is 0 Å². The molecule has 3 aromatic carbocycles. The first-order valence-corrected chi connectivity index (χ1v) is 13.4. The lowest BCUT2D eigenvalue weighted by Gasteiger charge is -2.33. The van der Waals surface area contributed by atoms with Crippen molar-refractivity contribution in [3.8, 4) is 5.75 Å². The molecule has 4 rings (SSSR count). The number of amides is 2. The van der Waals surface area contributed by atoms with Gasteiger partial charge in [-0.25, -0.2) is 0 Å². The van der Waals surface area contributed by atoms with E-state index in [9.17, 15) is 9.59 Å². The van der Waals surface area contributed by atoms with Crippen LogP contribution in [-0.2, 0) is 22.6 Å². The predicted molar refractivity (Wildman–Crippen MR) is 147 cm³/mol. The summed E-state index contributed by atoms with van der Waals surface area (Å²) in [6, 6.07) is 25.1. The monoisotopic (exact) mass is 498 g/mol. The Kier molecular flexibility index (Phi) is 9.36. The van der Waals surface area contributed by atoms with Crippen molar-refractivity contribution < 1.29 is 14.3 Å². The van der Waals surface area contributed by atoms with E-state index in [1.807, 2.05) is 92.7 Å². The van der Waals surface area contributed by atoms with Crippen LogP contribution in [0.2, 0.25) is 0 Å². The largest absolute Gasteiger partial charge is 0.484 e. The number of benzene rings is 3. The molecule has 1 saturated carbocycles. The number of nitrogens with one attached hydrogen (secondary N) is 1. The second-order valence-corrected chi connectivity index (χ2v) is 10.1. The van der Waals surface area contributed by atoms with Gasteiger partial charge in [0.15, 0.2) is 6.61 Å². The van der Waals surface area contributed by atoms with Gasteiger partial charge in [0.1, 0.15) is 11.8 Å². The molecule has 0 aromatic heterocycles. The molecule has 0 saturated heterocycles. The van der Waals surface area contributed by atoms with Gasteiger partial charge in [-0.05, 0) is 61.1 Å². The molecule has 0 spiro atoms. The number of nitrogens with zero attached hydrogens (tertiary/aromatic N) is 1. The van der Waals surface area contributed by atoms with Crippen molar-refractivity contribution in [2.75, 3.05) is 6.61 Å². The van der Waals surface area contributed by atoms with Crippen molar-refractivity contribution in [2.24, 2.45) is 0 Å². The second-order valence-electron chi connectivity index (χ2n) is 10.1. The van der Waals surface area contributed by atoms with E-state index in [-0.39, 0.29) is 24.5 Å². The zero-order chi connectivity index (χ0) is 26.0. The van der Waals surface area contributed by atoms with E-state index in [2.05, 4.69) is 5.32 Å². The Balaban J connectivity index is 1.59. The van der Waals surface area contributed by atoms with Crippen molar-refractivity contribution in [1.82, 2.24) is 10.2 Å². The summed E-state index contributed by atoms with van der Waals surface area (Å²) in [5.41, 5.74) is 4.28. The second kappa shape index (κ2) is 13.1. The van der Waals surface area contributed by atoms with E-state index in [1.165, 1.54) is 12.0 Å². The molecule has 0 unspecified atom stereocenters. The summed E-state index contributed by atoms with van der Waals surface area (Å²) < 4.78 is 5.93. The number of rotatable bonds is 10. The molecule has 5 heteroatoms. The highest BCUT2D eigenvalue weighted by molar-refractivity contribution is 5.88. The molecule has 0 bridgehead atoms. The fraction of sp³-hybridized carbons (Fsp3) is 0.375. The predicted octanol–water partition coefficient (Wildman–Crippen LogP) is 5.77. The third-order valence-corrected chi connectivity index (χ3v) is 7.26. The minimum absolute atomic E-state index is 0.0915. The Bertz CT molecular complexity index is 1160. The van der Waals surface area contributed by atoms with Crippen LogP contribution < -0.4 is 10.1 Å². The summed E-state index contributed by atoms with van der Waals surface area (Å²) in [5, 5.41) is 3.27. The first-order chi connectivity index (χ1) is 18.0. The summed E-state index contributed by atoms with van der Waals surface area (Å²) in [6.45, 7) is 4.28. The van der Waals surface area contributed by atoms with Gasteiger partial charge in [0.25, 0.3) is 5.91 Å². The highest BCUT2D eigenvalue weighted by Crippen LogP contribution is 2.21. The molecular weight excluding hydrogens is 460 g/mol. The average molecular weight is 499 g/mol. The topological polar surface area (TPSA) is 58.6 Å². The molecule has 0 aliphatic heterocycles. The molecule has 1 aliphatic carbocycles. The van der Waals surface area contributed by atoms with E-state index >= 15 is 0 Å². The maximum Gasteiger partial charge on any atom is 0.261 e. The number of aryl methyl sites for hydroxylation is 2.